The van der Waals surface area contributed by atoms with Gasteiger partial charge in [0.15, 0.2) is 0 Å². The SMILES string of the molecule is COC(=O)C(=Cc1ccccc1)CS(=O)(=O)O. The minimum Gasteiger partial charge on any atom is -0.466 e. The molecule has 0 aromatic heterocycles. The molecule has 0 unspecified atom stereocenters. The van der Waals surface area contributed by atoms with Gasteiger partial charge in [0.1, 0.15) is 5.75 Å². The number of hydrogen-bond acceptors (Lipinski definition) is 4. The molecule has 1 aromatic rings. The smallest absolute Gasteiger partial charge is 0.334 e. The zero-order valence-electron chi connectivity index (χ0n) is 9.16. The average Bonchev–Trinajstić information content (AvgIpc) is 2.27. The number of methoxy groups -OCH3 is 1. The van der Waals surface area contributed by atoms with Crippen molar-refractivity contribution >= 4 is 22.2 Å². The van der Waals surface area contributed by atoms with Gasteiger partial charge in [0.05, 0.1) is 12.7 Å². The molecular weight excluding hydrogens is 244 g/mol. The molecule has 0 atom stereocenters. The number of esters is 1. The van der Waals surface area contributed by atoms with Crippen molar-refractivity contribution in [2.24, 2.45) is 0 Å². The lowest BCUT2D eigenvalue weighted by Gasteiger charge is -2.03. The molecule has 92 valence electrons. The Labute approximate surface area is 99.5 Å². The molecule has 17 heavy (non-hydrogen) atoms. The van der Waals surface area contributed by atoms with Crippen LogP contribution in [0.5, 0.6) is 0 Å². The topological polar surface area (TPSA) is 80.7 Å². The summed E-state index contributed by atoms with van der Waals surface area (Å²) in [5.74, 6) is -1.55. The first kappa shape index (κ1) is 13.4. The summed E-state index contributed by atoms with van der Waals surface area (Å²) in [6.45, 7) is 0. The van der Waals surface area contributed by atoms with Crippen LogP contribution in [0.15, 0.2) is 35.9 Å². The van der Waals surface area contributed by atoms with Crippen molar-refractivity contribution in [2.75, 3.05) is 12.9 Å². The van der Waals surface area contributed by atoms with Crippen LogP contribution < -0.4 is 0 Å². The average molecular weight is 256 g/mol. The van der Waals surface area contributed by atoms with Gasteiger partial charge >= 0.3 is 5.97 Å². The molecule has 0 heterocycles. The van der Waals surface area contributed by atoms with E-state index in [1.54, 1.807) is 30.3 Å². The van der Waals surface area contributed by atoms with E-state index < -0.39 is 21.8 Å². The van der Waals surface area contributed by atoms with Crippen molar-refractivity contribution in [2.45, 2.75) is 0 Å². The van der Waals surface area contributed by atoms with E-state index in [0.717, 1.165) is 7.11 Å². The van der Waals surface area contributed by atoms with E-state index in [1.807, 2.05) is 0 Å². The van der Waals surface area contributed by atoms with Gasteiger partial charge in [0.25, 0.3) is 10.1 Å². The molecule has 6 heteroatoms. The Bertz CT molecular complexity index is 516. The molecular formula is C11H12O5S. The molecule has 0 amide bonds. The maximum Gasteiger partial charge on any atom is 0.334 e. The second-order valence-electron chi connectivity index (χ2n) is 3.30. The van der Waals surface area contributed by atoms with Gasteiger partial charge in [0.2, 0.25) is 0 Å². The third kappa shape index (κ3) is 4.80. The van der Waals surface area contributed by atoms with Gasteiger partial charge < -0.3 is 4.74 Å². The van der Waals surface area contributed by atoms with Crippen LogP contribution in [0.1, 0.15) is 5.56 Å². The van der Waals surface area contributed by atoms with Crippen molar-refractivity contribution in [3.63, 3.8) is 0 Å². The van der Waals surface area contributed by atoms with E-state index in [-0.39, 0.29) is 5.57 Å². The zero-order valence-corrected chi connectivity index (χ0v) is 9.98. The number of benzene rings is 1. The first-order valence-electron chi connectivity index (χ1n) is 4.71. The Balaban J connectivity index is 3.07. The van der Waals surface area contributed by atoms with Crippen LogP contribution in [0.4, 0.5) is 0 Å². The van der Waals surface area contributed by atoms with Crippen LogP contribution >= 0.6 is 0 Å². The van der Waals surface area contributed by atoms with Crippen LogP contribution in [0.25, 0.3) is 6.08 Å². The van der Waals surface area contributed by atoms with Gasteiger partial charge in [-0.2, -0.15) is 8.42 Å². The Kier molecular flexibility index (Phi) is 4.42. The summed E-state index contributed by atoms with van der Waals surface area (Å²) in [5, 5.41) is 0. The summed E-state index contributed by atoms with van der Waals surface area (Å²) < 4.78 is 34.7. The summed E-state index contributed by atoms with van der Waals surface area (Å²) in [6, 6.07) is 8.68. The van der Waals surface area contributed by atoms with E-state index in [0.29, 0.717) is 5.56 Å². The number of carbonyl (C=O) groups is 1. The Morgan fingerprint density at radius 2 is 1.94 bits per heavy atom. The molecule has 5 nitrogen and oxygen atoms in total. The summed E-state index contributed by atoms with van der Waals surface area (Å²) in [6.07, 6.45) is 1.36. The monoisotopic (exact) mass is 256 g/mol. The predicted octanol–water partition coefficient (Wildman–Crippen LogP) is 1.13. The molecule has 0 spiro atoms. The molecule has 0 fully saturated rings. The van der Waals surface area contributed by atoms with Gasteiger partial charge in [-0.05, 0) is 11.6 Å². The molecule has 1 aromatic carbocycles. The minimum atomic E-state index is -4.27. The molecule has 1 rings (SSSR count). The third-order valence-electron chi connectivity index (χ3n) is 1.93. The van der Waals surface area contributed by atoms with Crippen molar-refractivity contribution < 1.29 is 22.5 Å². The first-order valence-corrected chi connectivity index (χ1v) is 6.32. The normalized spacial score (nSPS) is 12.2. The van der Waals surface area contributed by atoms with Crippen molar-refractivity contribution in [1.29, 1.82) is 0 Å². The van der Waals surface area contributed by atoms with Crippen LogP contribution in [-0.2, 0) is 19.6 Å². The third-order valence-corrected chi connectivity index (χ3v) is 2.60. The van der Waals surface area contributed by atoms with Crippen LogP contribution in [-0.4, -0.2) is 31.8 Å². The summed E-state index contributed by atoms with van der Waals surface area (Å²) in [7, 11) is -3.12. The lowest BCUT2D eigenvalue weighted by molar-refractivity contribution is -0.135. The highest BCUT2D eigenvalue weighted by Gasteiger charge is 2.17. The molecule has 0 aliphatic heterocycles. The Morgan fingerprint density at radius 3 is 2.41 bits per heavy atom. The fourth-order valence-electron chi connectivity index (χ4n) is 1.24. The Hall–Kier alpha value is -1.66. The predicted molar refractivity (Wildman–Crippen MR) is 62.9 cm³/mol. The van der Waals surface area contributed by atoms with E-state index in [1.165, 1.54) is 6.08 Å². The van der Waals surface area contributed by atoms with Gasteiger partial charge in [-0.25, -0.2) is 4.79 Å². The van der Waals surface area contributed by atoms with Gasteiger partial charge in [-0.1, -0.05) is 30.3 Å². The van der Waals surface area contributed by atoms with Crippen LogP contribution in [0.3, 0.4) is 0 Å². The quantitative estimate of drug-likeness (QED) is 0.496. The molecule has 0 bridgehead atoms. The lowest BCUT2D eigenvalue weighted by Crippen LogP contribution is -2.15. The van der Waals surface area contributed by atoms with E-state index in [9.17, 15) is 13.2 Å². The highest BCUT2D eigenvalue weighted by Crippen LogP contribution is 2.09. The summed E-state index contributed by atoms with van der Waals surface area (Å²) in [4.78, 5) is 11.3. The second-order valence-corrected chi connectivity index (χ2v) is 4.75. The Morgan fingerprint density at radius 1 is 1.35 bits per heavy atom. The maximum atomic E-state index is 11.3. The number of rotatable bonds is 4. The first-order chi connectivity index (χ1) is 7.92. The summed E-state index contributed by atoms with van der Waals surface area (Å²) >= 11 is 0. The van der Waals surface area contributed by atoms with E-state index in [4.69, 9.17) is 4.55 Å². The molecule has 0 saturated heterocycles. The minimum absolute atomic E-state index is 0.124. The molecule has 0 aliphatic carbocycles. The lowest BCUT2D eigenvalue weighted by atomic mass is 10.1. The van der Waals surface area contributed by atoms with E-state index >= 15 is 0 Å². The zero-order chi connectivity index (χ0) is 12.9. The second kappa shape index (κ2) is 5.60. The standard InChI is InChI=1S/C11H12O5S/c1-16-11(12)10(8-17(13,14)15)7-9-5-3-2-4-6-9/h2-7H,8H2,1H3,(H,13,14,15). The fraction of sp³-hybridized carbons (Fsp3) is 0.182. The van der Waals surface area contributed by atoms with Gasteiger partial charge in [-0.15, -0.1) is 0 Å². The van der Waals surface area contributed by atoms with Gasteiger partial charge in [-0.3, -0.25) is 4.55 Å². The fourth-order valence-corrected chi connectivity index (χ4v) is 1.83. The molecule has 0 aliphatic rings. The van der Waals surface area contributed by atoms with Crippen molar-refractivity contribution in [3.05, 3.63) is 41.5 Å². The maximum absolute atomic E-state index is 11.3. The van der Waals surface area contributed by atoms with Crippen LogP contribution in [0, 0.1) is 0 Å². The number of hydrogen-bond donors (Lipinski definition) is 1. The molecule has 0 saturated carbocycles. The van der Waals surface area contributed by atoms with Gasteiger partial charge in [0, 0.05) is 0 Å². The van der Waals surface area contributed by atoms with Crippen molar-refractivity contribution in [1.82, 2.24) is 0 Å². The van der Waals surface area contributed by atoms with E-state index in [2.05, 4.69) is 4.74 Å². The van der Waals surface area contributed by atoms with Crippen LogP contribution in [0.2, 0.25) is 0 Å². The number of ether oxygens (including phenoxy) is 1. The molecule has 1 N–H and O–H groups in total. The largest absolute Gasteiger partial charge is 0.466 e. The molecule has 0 radical (unpaired) electrons. The number of carbonyl (C=O) groups excluding carboxylic acids is 1. The highest BCUT2D eigenvalue weighted by molar-refractivity contribution is 7.86. The van der Waals surface area contributed by atoms with Crippen molar-refractivity contribution in [3.8, 4) is 0 Å². The summed E-state index contributed by atoms with van der Waals surface area (Å²) in [5.41, 5.74) is 0.526. The highest BCUT2D eigenvalue weighted by atomic mass is 32.2.